The molecule has 129 heavy (non-hydrogen) atoms. The summed E-state index contributed by atoms with van der Waals surface area (Å²) in [7, 11) is 2.15. The molecule has 16 aromatic heterocycles. The molecule has 4 amide bonds. The van der Waals surface area contributed by atoms with Crippen molar-refractivity contribution < 1.29 is 51.3 Å². The number of H-pyrrole nitrogens is 4. The number of carbonyl (C=O) groups excluding carboxylic acids is 4. The minimum atomic E-state index is -0.838. The average molecular weight is 1810 g/mol. The maximum absolute atomic E-state index is 14.6. The van der Waals surface area contributed by atoms with Crippen molar-refractivity contribution in [2.45, 2.75) is 108 Å². The summed E-state index contributed by atoms with van der Waals surface area (Å²) < 4.78 is 66.4. The average Bonchev–Trinajstić information content (AvgIpc) is 1.64. The second-order valence-electron chi connectivity index (χ2n) is 30.6. The molecule has 4 aliphatic rings. The van der Waals surface area contributed by atoms with E-state index in [2.05, 4.69) is 124 Å². The minimum absolute atomic E-state index is 0.0185. The molecule has 3 aliphatic carbocycles. The van der Waals surface area contributed by atoms with Crippen molar-refractivity contribution in [2.24, 2.45) is 0 Å². The number of thiazole rings is 3. The summed E-state index contributed by atoms with van der Waals surface area (Å²) in [6.45, 7) is 11.2. The monoisotopic (exact) mass is 1810 g/mol. The summed E-state index contributed by atoms with van der Waals surface area (Å²) >= 11 is 4.02. The van der Waals surface area contributed by atoms with Crippen LogP contribution in [0.3, 0.4) is 0 Å². The third kappa shape index (κ3) is 21.1. The van der Waals surface area contributed by atoms with Crippen molar-refractivity contribution in [3.63, 3.8) is 0 Å². The SMILES string of the molecule is CCOC1CC(n2cc(NC(=O)c3csc(-c4cn[nH]c4)n3)c(-c3ccccn3)n2)C1.CCOC1CCC(n2cc(NC(=O)c3csc(-c4cn[nH]c4)n3)c(-c3nc(F)ccc3F)n2)CC1.CN1CCN(CCn2cc(NC(=O)c3ccc(-c4cn[nH]c4)o3)c(-c3ccccn3)n2)CC1.O=C(Nc1cn(C2CC(O)C2)nc1-c1cccc(F)n1)c1csc(-c2cn[nH]c2)n1. The van der Waals surface area contributed by atoms with Crippen molar-refractivity contribution in [2.75, 3.05) is 74.3 Å². The second-order valence-corrected chi connectivity index (χ2v) is 33.1. The molecule has 16 aromatic rings. The Labute approximate surface area is 745 Å². The van der Waals surface area contributed by atoms with Gasteiger partial charge in [0.15, 0.2) is 11.6 Å². The number of aromatic amines is 4. The number of aromatic nitrogens is 23. The molecule has 43 heteroatoms. The van der Waals surface area contributed by atoms with E-state index in [4.69, 9.17) is 24.1 Å². The Kier molecular flexibility index (Phi) is 27.2. The fourth-order valence-corrected chi connectivity index (χ4v) is 17.2. The molecule has 0 unspecified atom stereocenters. The van der Waals surface area contributed by atoms with Crippen LogP contribution in [0.15, 0.2) is 186 Å². The van der Waals surface area contributed by atoms with E-state index in [1.165, 1.54) is 46.1 Å². The van der Waals surface area contributed by atoms with Gasteiger partial charge in [0.2, 0.25) is 11.9 Å². The van der Waals surface area contributed by atoms with Gasteiger partial charge in [-0.25, -0.2) is 29.3 Å². The number of aliphatic hydroxyl groups is 1. The van der Waals surface area contributed by atoms with E-state index in [1.54, 1.807) is 118 Å². The fourth-order valence-electron chi connectivity index (χ4n) is 14.8. The van der Waals surface area contributed by atoms with Crippen molar-refractivity contribution in [1.82, 2.24) is 125 Å². The van der Waals surface area contributed by atoms with E-state index in [9.17, 15) is 37.5 Å². The van der Waals surface area contributed by atoms with Gasteiger partial charge in [-0.15, -0.1) is 34.0 Å². The molecule has 1 aliphatic heterocycles. The number of hydrogen-bond acceptors (Lipinski definition) is 28. The van der Waals surface area contributed by atoms with Crippen molar-refractivity contribution in [3.8, 4) is 88.6 Å². The lowest BCUT2D eigenvalue weighted by atomic mass is 9.89. The third-order valence-corrected chi connectivity index (χ3v) is 24.5. The highest BCUT2D eigenvalue weighted by Crippen LogP contribution is 2.41. The number of pyridine rings is 4. The fraction of sp³-hybridized carbons (Fsp3) is 0.291. The molecule has 4 fully saturated rings. The highest BCUT2D eigenvalue weighted by Gasteiger charge is 2.35. The van der Waals surface area contributed by atoms with Crippen molar-refractivity contribution >= 4 is 80.4 Å². The molecule has 20 rings (SSSR count). The number of halogens is 3. The summed E-state index contributed by atoms with van der Waals surface area (Å²) in [5.74, 6) is -2.96. The number of nitrogens with zero attached hydrogens (tertiary/aromatic N) is 21. The maximum Gasteiger partial charge on any atom is 0.291 e. The molecule has 662 valence electrons. The van der Waals surface area contributed by atoms with E-state index in [0.29, 0.717) is 98.8 Å². The Bertz CT molecular complexity index is 6400. The number of carbonyl (C=O) groups is 4. The van der Waals surface area contributed by atoms with Gasteiger partial charge in [0, 0.05) is 141 Å². The van der Waals surface area contributed by atoms with Gasteiger partial charge in [-0.05, 0) is 133 Å². The first-order valence-electron chi connectivity index (χ1n) is 41.6. The van der Waals surface area contributed by atoms with Gasteiger partial charge in [0.25, 0.3) is 23.6 Å². The smallest absolute Gasteiger partial charge is 0.291 e. The summed E-state index contributed by atoms with van der Waals surface area (Å²) in [6.07, 6.45) is 30.4. The first-order chi connectivity index (χ1) is 62.9. The van der Waals surface area contributed by atoms with E-state index in [0.717, 1.165) is 117 Å². The number of anilines is 4. The predicted molar refractivity (Wildman–Crippen MR) is 474 cm³/mol. The van der Waals surface area contributed by atoms with Crippen LogP contribution in [-0.4, -0.2) is 225 Å². The van der Waals surface area contributed by atoms with Crippen LogP contribution in [0.2, 0.25) is 0 Å². The number of rotatable bonds is 26. The zero-order valence-corrected chi connectivity index (χ0v) is 72.1. The summed E-state index contributed by atoms with van der Waals surface area (Å²) in [6, 6.07) is 21.3. The van der Waals surface area contributed by atoms with E-state index < -0.39 is 29.5 Å². The first kappa shape index (κ1) is 87.0. The summed E-state index contributed by atoms with van der Waals surface area (Å²) in [5, 5.41) is 73.2. The zero-order chi connectivity index (χ0) is 88.9. The van der Waals surface area contributed by atoms with Crippen molar-refractivity contribution in [1.29, 1.82) is 0 Å². The molecule has 9 N–H and O–H groups in total. The van der Waals surface area contributed by atoms with Gasteiger partial charge in [-0.3, -0.25) is 73.2 Å². The summed E-state index contributed by atoms with van der Waals surface area (Å²) in [5.41, 5.74) is 8.94. The van der Waals surface area contributed by atoms with E-state index in [-0.39, 0.29) is 82.5 Å². The van der Waals surface area contributed by atoms with Gasteiger partial charge in [-0.1, -0.05) is 18.2 Å². The lowest BCUT2D eigenvalue weighted by Gasteiger charge is -2.34. The van der Waals surface area contributed by atoms with Gasteiger partial charge in [-0.2, -0.15) is 49.6 Å². The topological polar surface area (TPSA) is 451 Å². The van der Waals surface area contributed by atoms with Gasteiger partial charge in [0.05, 0.1) is 113 Å². The Morgan fingerprint density at radius 2 is 0.946 bits per heavy atom. The number of furan rings is 1. The Balaban J connectivity index is 0.000000121. The van der Waals surface area contributed by atoms with E-state index in [1.807, 2.05) is 72.0 Å². The molecule has 0 spiro atoms. The predicted octanol–water partition coefficient (Wildman–Crippen LogP) is 13.9. The summed E-state index contributed by atoms with van der Waals surface area (Å²) in [4.78, 5) is 86.0. The number of piperazine rings is 1. The van der Waals surface area contributed by atoms with Crippen LogP contribution in [0, 0.1) is 17.7 Å². The van der Waals surface area contributed by atoms with Gasteiger partial charge < -0.3 is 45.2 Å². The highest BCUT2D eigenvalue weighted by molar-refractivity contribution is 7.14. The van der Waals surface area contributed by atoms with Gasteiger partial charge in [0.1, 0.15) is 66.3 Å². The molecular weight excluding hydrogens is 1720 g/mol. The molecule has 3 saturated carbocycles. The Hall–Kier alpha value is -14.1. The molecule has 0 bridgehead atoms. The highest BCUT2D eigenvalue weighted by atomic mass is 32.1. The number of aliphatic hydroxyl groups excluding tert-OH is 1. The lowest BCUT2D eigenvalue weighted by molar-refractivity contribution is -0.0226. The Morgan fingerprint density at radius 1 is 0.473 bits per heavy atom. The molecule has 37 nitrogen and oxygen atoms in total. The largest absolute Gasteiger partial charge is 0.451 e. The quantitative estimate of drug-likeness (QED) is 0.0227. The standard InChI is InChI=1S/C23H23F2N7O2S.C23H26N8O2.C21H21N7O2S.C19H16FN7O2S/c1-2-34-15-5-3-14(4-6-15)32-11-17(21(31-32)20-16(24)7-8-19(25)30-20)28-22(33)18-12-35-23(29-18)13-9-26-27-10-13;1-29-8-10-30(11-9-29)12-13-31-16-19(22(28-31)18-4-2-3-7-24-18)27-23(32)21-6-5-20(33-21)17-14-25-26-15-17;1-2-30-15-7-14(8-15)28-11-17(19(27-28)16-5-3-4-6-22-16)25-20(29)18-12-31-21(26-18)13-9-23-24-10-13;20-16-3-1-2-13(23-16)17-14(8-27(26-17)11-4-12(28)5-11)24-18(29)15-9-30-19(25-15)10-6-21-22-7-10/h7-12,14-15H,2-6H2,1H3,(H,26,27)(H,28,33);2-7,14-16H,8-13H2,1H3,(H,25,26)(H,27,32);3-6,9-12,14-15H,2,7-8H2,1H3,(H,23,24)(H,25,29);1-3,6-9,11-12,28H,4-5H2,(H,21,22)(H,24,29). The minimum Gasteiger partial charge on any atom is -0.451 e. The number of hydrogen-bond donors (Lipinski definition) is 9. The Morgan fingerprint density at radius 3 is 1.46 bits per heavy atom. The van der Waals surface area contributed by atoms with Crippen LogP contribution in [0.5, 0.6) is 0 Å². The number of amides is 4. The van der Waals surface area contributed by atoms with Crippen LogP contribution in [0.1, 0.15) is 125 Å². The number of ether oxygens (including phenoxy) is 2. The van der Waals surface area contributed by atoms with Crippen LogP contribution in [-0.2, 0) is 16.0 Å². The number of nitrogens with one attached hydrogen (secondary N) is 8. The molecule has 0 radical (unpaired) electrons. The molecule has 17 heterocycles. The van der Waals surface area contributed by atoms with E-state index >= 15 is 0 Å². The third-order valence-electron chi connectivity index (χ3n) is 21.8. The zero-order valence-electron chi connectivity index (χ0n) is 69.7. The van der Waals surface area contributed by atoms with Crippen LogP contribution < -0.4 is 21.3 Å². The normalized spacial score (nSPS) is 17.3. The number of likely N-dealkylation sites (N-methyl/N-ethyl adjacent to an activating group) is 1. The van der Waals surface area contributed by atoms with Crippen LogP contribution in [0.25, 0.3) is 88.6 Å². The molecule has 1 saturated heterocycles. The lowest BCUT2D eigenvalue weighted by Crippen LogP contribution is -2.45. The second kappa shape index (κ2) is 40.3. The first-order valence-corrected chi connectivity index (χ1v) is 44.2. The molecule has 0 aromatic carbocycles. The molecule has 0 atom stereocenters. The van der Waals surface area contributed by atoms with Gasteiger partial charge >= 0.3 is 0 Å². The van der Waals surface area contributed by atoms with Crippen LogP contribution >= 0.6 is 34.0 Å². The molecular formula is C86H86F3N29O8S3. The maximum atomic E-state index is 14.6. The van der Waals surface area contributed by atoms with Crippen molar-refractivity contribution in [3.05, 3.63) is 222 Å². The van der Waals surface area contributed by atoms with Crippen LogP contribution in [0.4, 0.5) is 35.9 Å².